The number of rotatable bonds is 7. The van der Waals surface area contributed by atoms with Gasteiger partial charge in [-0.25, -0.2) is 9.37 Å². The third kappa shape index (κ3) is 4.16. The number of imidazole rings is 1. The minimum Gasteiger partial charge on any atom is -0.491 e. The Kier molecular flexibility index (Phi) is 6.05. The molecule has 1 fully saturated rings. The predicted octanol–water partition coefficient (Wildman–Crippen LogP) is 5.90. The molecule has 4 aromatic rings. The van der Waals surface area contributed by atoms with Crippen LogP contribution in [-0.2, 0) is 11.3 Å². The van der Waals surface area contributed by atoms with Gasteiger partial charge in [0.1, 0.15) is 24.0 Å². The monoisotopic (exact) mass is 457 g/mol. The molecule has 3 aromatic carbocycles. The lowest BCUT2D eigenvalue weighted by atomic mass is 10.0. The lowest BCUT2D eigenvalue weighted by molar-refractivity contribution is -0.117. The van der Waals surface area contributed by atoms with Gasteiger partial charge < -0.3 is 14.2 Å². The first kappa shape index (κ1) is 22.1. The Morgan fingerprint density at radius 3 is 2.59 bits per heavy atom. The summed E-state index contributed by atoms with van der Waals surface area (Å²) in [5, 5.41) is 0. The molecule has 1 amide bonds. The van der Waals surface area contributed by atoms with Gasteiger partial charge in [0, 0.05) is 18.9 Å². The van der Waals surface area contributed by atoms with Crippen LogP contribution in [0.5, 0.6) is 5.75 Å². The molecule has 0 spiro atoms. The minimum atomic E-state index is -0.387. The van der Waals surface area contributed by atoms with Gasteiger partial charge in [-0.1, -0.05) is 56.3 Å². The zero-order valence-corrected chi connectivity index (χ0v) is 19.4. The van der Waals surface area contributed by atoms with Gasteiger partial charge in [-0.05, 0) is 41.8 Å². The topological polar surface area (TPSA) is 47.4 Å². The molecule has 34 heavy (non-hydrogen) atoms. The fraction of sp³-hybridized carbons (Fsp3) is 0.286. The van der Waals surface area contributed by atoms with E-state index in [2.05, 4.69) is 24.5 Å². The molecule has 174 valence electrons. The number of amides is 1. The van der Waals surface area contributed by atoms with E-state index in [-0.39, 0.29) is 17.6 Å². The second-order valence-corrected chi connectivity index (χ2v) is 9.01. The molecule has 1 aliphatic rings. The SMILES string of the molecule is CC(C)c1ccccc1OCCn1c(C2CC(=O)N(c3ccccc3F)C2)nc2ccccc21. The third-order valence-electron chi connectivity index (χ3n) is 6.43. The molecule has 1 atom stereocenters. The van der Waals surface area contributed by atoms with Crippen LogP contribution in [0.3, 0.4) is 0 Å². The number of carbonyl (C=O) groups is 1. The van der Waals surface area contributed by atoms with Gasteiger partial charge >= 0.3 is 0 Å². The van der Waals surface area contributed by atoms with E-state index in [1.165, 1.54) is 11.6 Å². The fourth-order valence-electron chi connectivity index (χ4n) is 4.76. The standard InChI is InChI=1S/C28H28FN3O2/c1-19(2)21-9-3-8-14-26(21)34-16-15-31-25-13-7-5-11-23(25)30-28(31)20-17-27(33)32(18-20)24-12-6-4-10-22(24)29/h3-14,19-20H,15-18H2,1-2H3. The molecule has 0 radical (unpaired) electrons. The van der Waals surface area contributed by atoms with Gasteiger partial charge in [-0.3, -0.25) is 4.79 Å². The summed E-state index contributed by atoms with van der Waals surface area (Å²) in [7, 11) is 0. The van der Waals surface area contributed by atoms with Crippen molar-refractivity contribution in [2.24, 2.45) is 0 Å². The van der Waals surface area contributed by atoms with Crippen LogP contribution in [0.2, 0.25) is 0 Å². The summed E-state index contributed by atoms with van der Waals surface area (Å²) in [4.78, 5) is 19.3. The van der Waals surface area contributed by atoms with E-state index in [1.54, 1.807) is 23.1 Å². The lowest BCUT2D eigenvalue weighted by Gasteiger charge is -2.18. The summed E-state index contributed by atoms with van der Waals surface area (Å²) in [5.41, 5.74) is 3.40. The number of hydrogen-bond acceptors (Lipinski definition) is 3. The molecule has 0 aliphatic carbocycles. The summed E-state index contributed by atoms with van der Waals surface area (Å²) in [5.74, 6) is 1.51. The average molecular weight is 458 g/mol. The number of halogens is 1. The molecule has 2 heterocycles. The quantitative estimate of drug-likeness (QED) is 0.347. The van der Waals surface area contributed by atoms with Crippen LogP contribution in [0.25, 0.3) is 11.0 Å². The highest BCUT2D eigenvalue weighted by Gasteiger charge is 2.35. The first-order valence-corrected chi connectivity index (χ1v) is 11.7. The van der Waals surface area contributed by atoms with E-state index in [0.717, 1.165) is 22.6 Å². The largest absolute Gasteiger partial charge is 0.491 e. The first-order valence-electron chi connectivity index (χ1n) is 11.7. The fourth-order valence-corrected chi connectivity index (χ4v) is 4.76. The first-order chi connectivity index (χ1) is 16.5. The highest BCUT2D eigenvalue weighted by atomic mass is 19.1. The molecular formula is C28H28FN3O2. The number of benzene rings is 3. The number of nitrogens with zero attached hydrogens (tertiary/aromatic N) is 3. The molecule has 1 aliphatic heterocycles. The third-order valence-corrected chi connectivity index (χ3v) is 6.43. The van der Waals surface area contributed by atoms with Crippen LogP contribution in [-0.4, -0.2) is 28.6 Å². The summed E-state index contributed by atoms with van der Waals surface area (Å²) in [6, 6.07) is 22.5. The normalized spacial score (nSPS) is 16.1. The molecule has 5 rings (SSSR count). The summed E-state index contributed by atoms with van der Waals surface area (Å²) >= 11 is 0. The van der Waals surface area contributed by atoms with Crippen molar-refractivity contribution in [3.8, 4) is 5.75 Å². The maximum absolute atomic E-state index is 14.4. The maximum atomic E-state index is 14.4. The second-order valence-electron chi connectivity index (χ2n) is 9.01. The zero-order valence-electron chi connectivity index (χ0n) is 19.4. The molecule has 6 heteroatoms. The smallest absolute Gasteiger partial charge is 0.227 e. The van der Waals surface area contributed by atoms with Gasteiger partial charge in [0.15, 0.2) is 0 Å². The summed E-state index contributed by atoms with van der Waals surface area (Å²) < 4.78 is 22.7. The molecule has 0 N–H and O–H groups in total. The molecule has 1 unspecified atom stereocenters. The molecule has 1 aromatic heterocycles. The Morgan fingerprint density at radius 1 is 1.03 bits per heavy atom. The number of fused-ring (bicyclic) bond motifs is 1. The van der Waals surface area contributed by atoms with Crippen LogP contribution >= 0.6 is 0 Å². The van der Waals surface area contributed by atoms with Crippen molar-refractivity contribution in [3.63, 3.8) is 0 Å². The van der Waals surface area contributed by atoms with Crippen molar-refractivity contribution in [2.45, 2.75) is 38.6 Å². The Hall–Kier alpha value is -3.67. The number of hydrogen-bond donors (Lipinski definition) is 0. The molecule has 5 nitrogen and oxygen atoms in total. The Labute approximate surface area is 198 Å². The van der Waals surface area contributed by atoms with Crippen LogP contribution in [0, 0.1) is 5.82 Å². The highest BCUT2D eigenvalue weighted by Crippen LogP contribution is 2.34. The highest BCUT2D eigenvalue weighted by molar-refractivity contribution is 5.96. The van der Waals surface area contributed by atoms with Gasteiger partial charge in [0.05, 0.1) is 23.3 Å². The van der Waals surface area contributed by atoms with E-state index in [0.29, 0.717) is 37.7 Å². The Morgan fingerprint density at radius 2 is 1.76 bits per heavy atom. The number of carbonyl (C=O) groups excluding carboxylic acids is 1. The maximum Gasteiger partial charge on any atom is 0.227 e. The summed E-state index contributed by atoms with van der Waals surface area (Å²) in [6.45, 7) is 5.80. The Balaban J connectivity index is 1.41. The van der Waals surface area contributed by atoms with Crippen molar-refractivity contribution in [1.82, 2.24) is 9.55 Å². The van der Waals surface area contributed by atoms with E-state index in [4.69, 9.17) is 9.72 Å². The van der Waals surface area contributed by atoms with E-state index >= 15 is 0 Å². The molecule has 1 saturated heterocycles. The van der Waals surface area contributed by atoms with Gasteiger partial charge in [0.25, 0.3) is 0 Å². The number of para-hydroxylation sites is 4. The molecular weight excluding hydrogens is 429 g/mol. The van der Waals surface area contributed by atoms with E-state index < -0.39 is 0 Å². The van der Waals surface area contributed by atoms with Crippen molar-refractivity contribution >= 4 is 22.6 Å². The van der Waals surface area contributed by atoms with Crippen molar-refractivity contribution in [1.29, 1.82) is 0 Å². The van der Waals surface area contributed by atoms with E-state index in [9.17, 15) is 9.18 Å². The lowest BCUT2D eigenvalue weighted by Crippen LogP contribution is -2.25. The van der Waals surface area contributed by atoms with Crippen molar-refractivity contribution in [2.75, 3.05) is 18.1 Å². The van der Waals surface area contributed by atoms with Gasteiger partial charge in [-0.2, -0.15) is 0 Å². The summed E-state index contributed by atoms with van der Waals surface area (Å²) in [6.07, 6.45) is 0.300. The average Bonchev–Trinajstić information content (AvgIpc) is 3.40. The molecule has 0 bridgehead atoms. The van der Waals surface area contributed by atoms with Crippen LogP contribution < -0.4 is 9.64 Å². The zero-order chi connectivity index (χ0) is 23.7. The van der Waals surface area contributed by atoms with E-state index in [1.807, 2.05) is 42.5 Å². The second kappa shape index (κ2) is 9.29. The number of anilines is 1. The van der Waals surface area contributed by atoms with Crippen molar-refractivity contribution < 1.29 is 13.9 Å². The Bertz CT molecular complexity index is 1330. The number of ether oxygens (including phenoxy) is 1. The van der Waals surface area contributed by atoms with Gasteiger partial charge in [-0.15, -0.1) is 0 Å². The molecule has 0 saturated carbocycles. The van der Waals surface area contributed by atoms with Crippen LogP contribution in [0.4, 0.5) is 10.1 Å². The predicted molar refractivity (Wildman–Crippen MR) is 132 cm³/mol. The minimum absolute atomic E-state index is 0.0872. The van der Waals surface area contributed by atoms with Crippen molar-refractivity contribution in [3.05, 3.63) is 90.0 Å². The van der Waals surface area contributed by atoms with Crippen LogP contribution in [0.1, 0.15) is 43.5 Å². The van der Waals surface area contributed by atoms with Gasteiger partial charge in [0.2, 0.25) is 5.91 Å². The van der Waals surface area contributed by atoms with Crippen LogP contribution in [0.15, 0.2) is 72.8 Å². The number of aromatic nitrogens is 2.